The molecule has 2 aromatic carbocycles. The first kappa shape index (κ1) is 34.9. The van der Waals surface area contributed by atoms with Gasteiger partial charge in [0.15, 0.2) is 5.78 Å². The first-order valence-corrected chi connectivity index (χ1v) is 14.8. The molecule has 4 rings (SSSR count). The van der Waals surface area contributed by atoms with E-state index in [1.807, 2.05) is 0 Å². The fraction of sp³-hybridized carbons (Fsp3) is 0.424. The number of Topliss-reactive ketones (excluding diaryl/α,β-unsaturated/α-hetero) is 1. The molecule has 0 unspecified atom stereocenters. The Morgan fingerprint density at radius 2 is 1.74 bits per heavy atom. The molecule has 8 nitrogen and oxygen atoms in total. The molecule has 3 N–H and O–H groups in total. The summed E-state index contributed by atoms with van der Waals surface area (Å²) in [6.45, 7) is 0.356. The minimum absolute atomic E-state index is 0.135. The highest BCUT2D eigenvalue weighted by Crippen LogP contribution is 2.30. The third-order valence-corrected chi connectivity index (χ3v) is 7.84. The number of carbonyl (C=O) groups excluding carboxylic acids is 2. The van der Waals surface area contributed by atoms with Gasteiger partial charge in [-0.2, -0.15) is 13.2 Å². The Morgan fingerprint density at radius 1 is 1.07 bits per heavy atom. The maximum Gasteiger partial charge on any atom is 0.389 e. The van der Waals surface area contributed by atoms with Gasteiger partial charge in [0.05, 0.1) is 50.9 Å². The van der Waals surface area contributed by atoms with Crippen molar-refractivity contribution < 1.29 is 45.8 Å². The Hall–Kier alpha value is -3.94. The highest BCUT2D eigenvalue weighted by molar-refractivity contribution is 5.87. The minimum Gasteiger partial charge on any atom is -0.497 e. The van der Waals surface area contributed by atoms with E-state index < -0.39 is 54.6 Å². The number of alkyl halides is 3. The van der Waals surface area contributed by atoms with Crippen LogP contribution in [0.25, 0.3) is 0 Å². The van der Waals surface area contributed by atoms with Gasteiger partial charge in [-0.25, -0.2) is 8.78 Å². The lowest BCUT2D eigenvalue weighted by molar-refractivity contribution is -0.158. The summed E-state index contributed by atoms with van der Waals surface area (Å²) in [6.07, 6.45) is -3.80. The van der Waals surface area contributed by atoms with Crippen LogP contribution >= 0.6 is 0 Å². The Kier molecular flexibility index (Phi) is 12.2. The van der Waals surface area contributed by atoms with Crippen molar-refractivity contribution >= 4 is 11.8 Å². The lowest BCUT2D eigenvalue weighted by Gasteiger charge is -2.30. The van der Waals surface area contributed by atoms with Crippen LogP contribution in [0.1, 0.15) is 47.4 Å². The maximum absolute atomic E-state index is 15.0. The van der Waals surface area contributed by atoms with Crippen molar-refractivity contribution in [2.24, 2.45) is 5.73 Å². The van der Waals surface area contributed by atoms with Gasteiger partial charge in [-0.1, -0.05) is 24.3 Å². The zero-order valence-corrected chi connectivity index (χ0v) is 25.2. The van der Waals surface area contributed by atoms with Crippen LogP contribution in [0.15, 0.2) is 60.9 Å². The third-order valence-electron chi connectivity index (χ3n) is 7.84. The summed E-state index contributed by atoms with van der Waals surface area (Å²) in [6, 6.07) is 11.4. The first-order chi connectivity index (χ1) is 21.9. The minimum atomic E-state index is -4.43. The van der Waals surface area contributed by atoms with Crippen LogP contribution in [0, 0.1) is 11.6 Å². The number of morpholine rings is 1. The van der Waals surface area contributed by atoms with Crippen LogP contribution < -0.4 is 15.8 Å². The fourth-order valence-corrected chi connectivity index (χ4v) is 5.29. The molecule has 0 radical (unpaired) electrons. The first-order valence-electron chi connectivity index (χ1n) is 14.8. The zero-order chi connectivity index (χ0) is 33.3. The van der Waals surface area contributed by atoms with Crippen molar-refractivity contribution in [3.63, 3.8) is 0 Å². The molecule has 0 amide bonds. The topological polar surface area (TPSA) is 113 Å². The van der Waals surface area contributed by atoms with Crippen LogP contribution in [-0.2, 0) is 31.9 Å². The number of ketones is 1. The van der Waals surface area contributed by atoms with Gasteiger partial charge in [0.1, 0.15) is 24.0 Å². The average Bonchev–Trinajstić information content (AvgIpc) is 3.04. The standard InChI is InChI=1S/C33H36F5N3O5/c1-44-25-8-4-21(5-9-25)31(20-2-6-23(34)7-3-20)32(39)29(42)14-22-15-40-17-28(35)27(22)11-10-26-16-41-24(18-45-26)19-46-30(43)12-13-33(36,37)38/h2-9,15,17,24,26,31-32,41H,10-14,16,18-19,39H2,1H3/t24-,26+,31-,32+/m0/s1. The van der Waals surface area contributed by atoms with E-state index in [1.54, 1.807) is 36.4 Å². The summed E-state index contributed by atoms with van der Waals surface area (Å²) in [5.74, 6) is -2.29. The number of rotatable bonds is 14. The van der Waals surface area contributed by atoms with Crippen LogP contribution in [0.4, 0.5) is 22.0 Å². The van der Waals surface area contributed by atoms with Crippen molar-refractivity contribution in [1.29, 1.82) is 0 Å². The number of methoxy groups -OCH3 is 1. The molecule has 1 aliphatic rings. The average molecular weight is 650 g/mol. The highest BCUT2D eigenvalue weighted by Gasteiger charge is 2.30. The summed E-state index contributed by atoms with van der Waals surface area (Å²) in [7, 11) is 1.54. The van der Waals surface area contributed by atoms with Gasteiger partial charge in [-0.3, -0.25) is 14.6 Å². The quantitative estimate of drug-likeness (QED) is 0.189. The van der Waals surface area contributed by atoms with E-state index in [2.05, 4.69) is 10.3 Å². The summed E-state index contributed by atoms with van der Waals surface area (Å²) >= 11 is 0. The predicted molar refractivity (Wildman–Crippen MR) is 158 cm³/mol. The molecule has 3 aromatic rings. The van der Waals surface area contributed by atoms with Gasteiger partial charge in [-0.05, 0) is 59.4 Å². The van der Waals surface area contributed by atoms with E-state index in [0.717, 1.165) is 11.8 Å². The molecule has 1 aliphatic heterocycles. The number of aromatic nitrogens is 1. The Labute approximate surface area is 263 Å². The van der Waals surface area contributed by atoms with Gasteiger partial charge < -0.3 is 25.3 Å². The van der Waals surface area contributed by atoms with Gasteiger partial charge in [-0.15, -0.1) is 0 Å². The molecule has 13 heteroatoms. The molecule has 0 saturated carbocycles. The summed E-state index contributed by atoms with van der Waals surface area (Å²) in [5, 5.41) is 3.13. The molecule has 1 aromatic heterocycles. The van der Waals surface area contributed by atoms with E-state index in [9.17, 15) is 27.2 Å². The van der Waals surface area contributed by atoms with Crippen LogP contribution in [-0.4, -0.2) is 68.0 Å². The zero-order valence-electron chi connectivity index (χ0n) is 25.2. The van der Waals surface area contributed by atoms with Crippen molar-refractivity contribution in [3.8, 4) is 5.75 Å². The number of hydrogen-bond donors (Lipinski definition) is 2. The van der Waals surface area contributed by atoms with Crippen molar-refractivity contribution in [2.45, 2.75) is 62.4 Å². The molecule has 0 spiro atoms. The number of nitrogens with zero attached hydrogens (tertiary/aromatic N) is 1. The number of pyridine rings is 1. The van der Waals surface area contributed by atoms with E-state index >= 15 is 4.39 Å². The van der Waals surface area contributed by atoms with Crippen LogP contribution in [0.3, 0.4) is 0 Å². The Bertz CT molecular complexity index is 1450. The fourth-order valence-electron chi connectivity index (χ4n) is 5.29. The Balaban J connectivity index is 1.36. The number of halogens is 5. The monoisotopic (exact) mass is 649 g/mol. The number of nitrogens with two attached hydrogens (primary N) is 1. The van der Waals surface area contributed by atoms with E-state index in [4.69, 9.17) is 19.9 Å². The number of hydrogen-bond acceptors (Lipinski definition) is 8. The number of esters is 1. The van der Waals surface area contributed by atoms with Gasteiger partial charge in [0.25, 0.3) is 0 Å². The summed E-state index contributed by atoms with van der Waals surface area (Å²) < 4.78 is 81.5. The molecule has 248 valence electrons. The normalized spacial score (nSPS) is 18.1. The molecule has 0 bridgehead atoms. The number of carbonyl (C=O) groups is 2. The second-order valence-electron chi connectivity index (χ2n) is 11.1. The van der Waals surface area contributed by atoms with Gasteiger partial charge >= 0.3 is 12.1 Å². The van der Waals surface area contributed by atoms with Gasteiger partial charge in [0.2, 0.25) is 0 Å². The van der Waals surface area contributed by atoms with E-state index in [1.165, 1.54) is 25.4 Å². The van der Waals surface area contributed by atoms with Crippen molar-refractivity contribution in [3.05, 3.63) is 94.8 Å². The number of benzene rings is 2. The summed E-state index contributed by atoms with van der Waals surface area (Å²) in [4.78, 5) is 29.1. The molecule has 4 atom stereocenters. The molecule has 46 heavy (non-hydrogen) atoms. The van der Waals surface area contributed by atoms with Gasteiger partial charge in [0, 0.05) is 25.1 Å². The smallest absolute Gasteiger partial charge is 0.389 e. The third kappa shape index (κ3) is 10.0. The number of ether oxygens (including phenoxy) is 3. The van der Waals surface area contributed by atoms with Crippen molar-refractivity contribution in [1.82, 2.24) is 10.3 Å². The predicted octanol–water partition coefficient (Wildman–Crippen LogP) is 4.81. The SMILES string of the molecule is COc1ccc([C@H](c2ccc(F)cc2)[C@H](N)C(=O)Cc2cncc(F)c2CC[C@@H]2CN[C@H](COC(=O)CCC(F)(F)F)CO2)cc1. The number of nitrogens with one attached hydrogen (secondary N) is 1. The molecule has 0 aliphatic carbocycles. The maximum atomic E-state index is 15.0. The highest BCUT2D eigenvalue weighted by atomic mass is 19.4. The van der Waals surface area contributed by atoms with Crippen molar-refractivity contribution in [2.75, 3.05) is 26.9 Å². The Morgan fingerprint density at radius 3 is 2.35 bits per heavy atom. The molecule has 1 saturated heterocycles. The lowest BCUT2D eigenvalue weighted by Crippen LogP contribution is -2.49. The van der Waals surface area contributed by atoms with E-state index in [0.29, 0.717) is 35.4 Å². The second kappa shape index (κ2) is 16.1. The lowest BCUT2D eigenvalue weighted by atomic mass is 9.82. The molecular formula is C33H36F5N3O5. The second-order valence-corrected chi connectivity index (χ2v) is 11.1. The van der Waals surface area contributed by atoms with Crippen LogP contribution in [0.5, 0.6) is 5.75 Å². The molecule has 1 fully saturated rings. The summed E-state index contributed by atoms with van der Waals surface area (Å²) in [5.41, 5.74) is 8.62. The molecular weight excluding hydrogens is 613 g/mol. The van der Waals surface area contributed by atoms with E-state index in [-0.39, 0.29) is 37.9 Å². The van der Waals surface area contributed by atoms with Crippen LogP contribution in [0.2, 0.25) is 0 Å². The largest absolute Gasteiger partial charge is 0.497 e. The molecule has 2 heterocycles.